The number of carbonyl (C=O) groups excluding carboxylic acids is 2. The Hall–Kier alpha value is -2.27. The van der Waals surface area contributed by atoms with Gasteiger partial charge in [-0.3, -0.25) is 9.59 Å². The molecule has 0 saturated carbocycles. The van der Waals surface area contributed by atoms with Gasteiger partial charge in [-0.2, -0.15) is 0 Å². The highest BCUT2D eigenvalue weighted by Gasteiger charge is 2.39. The molecular weight excluding hydrogens is 302 g/mol. The van der Waals surface area contributed by atoms with E-state index in [0.717, 1.165) is 5.56 Å². The molecule has 1 fully saturated rings. The summed E-state index contributed by atoms with van der Waals surface area (Å²) in [4.78, 5) is 28.8. The van der Waals surface area contributed by atoms with E-state index in [1.807, 2.05) is 12.1 Å². The summed E-state index contributed by atoms with van der Waals surface area (Å²) in [6.07, 6.45) is 1.98. The van der Waals surface area contributed by atoms with Gasteiger partial charge in [-0.1, -0.05) is 23.7 Å². The quantitative estimate of drug-likeness (QED) is 0.912. The maximum absolute atomic E-state index is 12.2. The van der Waals surface area contributed by atoms with Crippen LogP contribution in [0.3, 0.4) is 0 Å². The first-order valence-electron chi connectivity index (χ1n) is 7.01. The van der Waals surface area contributed by atoms with E-state index in [9.17, 15) is 9.59 Å². The molecule has 2 amide bonds. The van der Waals surface area contributed by atoms with Gasteiger partial charge in [0.05, 0.1) is 12.1 Å². The Morgan fingerprint density at radius 3 is 2.68 bits per heavy atom. The second-order valence-electron chi connectivity index (χ2n) is 5.37. The predicted molar refractivity (Wildman–Crippen MR) is 83.6 cm³/mol. The number of nitrogens with zero attached hydrogens (tertiary/aromatic N) is 1. The van der Waals surface area contributed by atoms with Gasteiger partial charge in [-0.15, -0.1) is 0 Å². The van der Waals surface area contributed by atoms with Gasteiger partial charge in [-0.25, -0.2) is 0 Å². The molecule has 22 heavy (non-hydrogen) atoms. The number of carbonyl (C=O) groups is 2. The Labute approximate surface area is 133 Å². The summed E-state index contributed by atoms with van der Waals surface area (Å²) >= 11 is 5.92. The molecule has 0 bridgehead atoms. The molecule has 2 unspecified atom stereocenters. The number of nitrogens with one attached hydrogen (secondary N) is 2. The van der Waals surface area contributed by atoms with Crippen LogP contribution < -0.4 is 5.32 Å². The fraction of sp³-hybridized carbons (Fsp3) is 0.250. The molecule has 1 aliphatic rings. The molecule has 0 aliphatic carbocycles. The van der Waals surface area contributed by atoms with Gasteiger partial charge in [0.1, 0.15) is 5.69 Å². The van der Waals surface area contributed by atoms with Gasteiger partial charge < -0.3 is 15.2 Å². The van der Waals surface area contributed by atoms with E-state index >= 15 is 0 Å². The first kappa shape index (κ1) is 14.7. The van der Waals surface area contributed by atoms with Crippen LogP contribution in [0, 0.1) is 0 Å². The van der Waals surface area contributed by atoms with E-state index in [1.165, 1.54) is 0 Å². The number of H-pyrrole nitrogens is 1. The molecule has 114 valence electrons. The summed E-state index contributed by atoms with van der Waals surface area (Å²) in [7, 11) is 1.75. The molecule has 2 N–H and O–H groups in total. The van der Waals surface area contributed by atoms with Gasteiger partial charge in [-0.05, 0) is 29.8 Å². The molecule has 0 spiro atoms. The Morgan fingerprint density at radius 2 is 2.05 bits per heavy atom. The van der Waals surface area contributed by atoms with E-state index in [1.54, 1.807) is 42.4 Å². The number of halogens is 1. The lowest BCUT2D eigenvalue weighted by Gasteiger charge is -2.26. The van der Waals surface area contributed by atoms with Gasteiger partial charge >= 0.3 is 0 Å². The van der Waals surface area contributed by atoms with Crippen molar-refractivity contribution < 1.29 is 9.59 Å². The minimum absolute atomic E-state index is 0.0109. The number of aromatic amines is 1. The lowest BCUT2D eigenvalue weighted by Crippen LogP contribution is -2.39. The van der Waals surface area contributed by atoms with Gasteiger partial charge in [0, 0.05) is 24.7 Å². The van der Waals surface area contributed by atoms with Crippen molar-refractivity contribution in [1.29, 1.82) is 0 Å². The van der Waals surface area contributed by atoms with Gasteiger partial charge in [0.2, 0.25) is 5.91 Å². The normalized spacial score (nSPS) is 21.2. The van der Waals surface area contributed by atoms with Crippen LogP contribution in [-0.2, 0) is 4.79 Å². The third-order valence-electron chi connectivity index (χ3n) is 3.96. The average Bonchev–Trinajstić information content (AvgIpc) is 3.11. The zero-order valence-corrected chi connectivity index (χ0v) is 12.8. The molecule has 6 heteroatoms. The van der Waals surface area contributed by atoms with Crippen molar-refractivity contribution in [3.63, 3.8) is 0 Å². The summed E-state index contributed by atoms with van der Waals surface area (Å²) in [6, 6.07) is 10.4. The monoisotopic (exact) mass is 317 g/mol. The smallest absolute Gasteiger partial charge is 0.268 e. The summed E-state index contributed by atoms with van der Waals surface area (Å²) in [5, 5.41) is 3.58. The number of amides is 2. The Morgan fingerprint density at radius 1 is 1.32 bits per heavy atom. The van der Waals surface area contributed by atoms with Crippen LogP contribution in [0.15, 0.2) is 42.6 Å². The van der Waals surface area contributed by atoms with Crippen molar-refractivity contribution in [3.8, 4) is 0 Å². The van der Waals surface area contributed by atoms with E-state index in [-0.39, 0.29) is 30.3 Å². The first-order valence-corrected chi connectivity index (χ1v) is 7.39. The molecule has 1 aliphatic heterocycles. The Kier molecular flexibility index (Phi) is 3.90. The zero-order valence-electron chi connectivity index (χ0n) is 12.0. The number of benzene rings is 1. The number of likely N-dealkylation sites (N-methyl/N-ethyl adjacent to an activating group) is 1. The first-order chi connectivity index (χ1) is 10.6. The minimum atomic E-state index is -0.269. The highest BCUT2D eigenvalue weighted by Crippen LogP contribution is 2.32. The van der Waals surface area contributed by atoms with Gasteiger partial charge in [0.25, 0.3) is 5.91 Å². The molecule has 2 heterocycles. The highest BCUT2D eigenvalue weighted by atomic mass is 35.5. The molecule has 2 atom stereocenters. The molecule has 2 aromatic rings. The third-order valence-corrected chi connectivity index (χ3v) is 4.21. The van der Waals surface area contributed by atoms with Crippen LogP contribution >= 0.6 is 11.6 Å². The molecule has 0 radical (unpaired) electrons. The van der Waals surface area contributed by atoms with Gasteiger partial charge in [0.15, 0.2) is 0 Å². The topological polar surface area (TPSA) is 65.2 Å². The van der Waals surface area contributed by atoms with Crippen molar-refractivity contribution in [3.05, 3.63) is 58.9 Å². The van der Waals surface area contributed by atoms with Crippen molar-refractivity contribution in [2.45, 2.75) is 18.5 Å². The SMILES string of the molecule is CN1C(=O)CC(NC(=O)c2ccc[nH]2)C1c1ccc(Cl)cc1. The Bertz CT molecular complexity index is 682. The lowest BCUT2D eigenvalue weighted by atomic mass is 10.00. The van der Waals surface area contributed by atoms with Crippen LogP contribution in [0.5, 0.6) is 0 Å². The highest BCUT2D eigenvalue weighted by molar-refractivity contribution is 6.30. The second-order valence-corrected chi connectivity index (χ2v) is 5.81. The predicted octanol–water partition coefficient (Wildman–Crippen LogP) is 2.37. The summed E-state index contributed by atoms with van der Waals surface area (Å²) in [6.45, 7) is 0. The van der Waals surface area contributed by atoms with Crippen LogP contribution in [0.25, 0.3) is 0 Å². The summed E-state index contributed by atoms with van der Waals surface area (Å²) < 4.78 is 0. The molecule has 3 rings (SSSR count). The maximum atomic E-state index is 12.2. The number of hydrogen-bond acceptors (Lipinski definition) is 2. The number of aromatic nitrogens is 1. The second kappa shape index (κ2) is 5.85. The fourth-order valence-electron chi connectivity index (χ4n) is 2.83. The fourth-order valence-corrected chi connectivity index (χ4v) is 2.96. The number of likely N-dealkylation sites (tertiary alicyclic amines) is 1. The summed E-state index contributed by atoms with van der Waals surface area (Å²) in [5.74, 6) is -0.200. The molecular formula is C16H16ClN3O2. The maximum Gasteiger partial charge on any atom is 0.268 e. The van der Waals surface area contributed by atoms with Crippen molar-refractivity contribution >= 4 is 23.4 Å². The van der Waals surface area contributed by atoms with E-state index in [2.05, 4.69) is 10.3 Å². The third kappa shape index (κ3) is 2.72. The summed E-state index contributed by atoms with van der Waals surface area (Å²) in [5.41, 5.74) is 1.44. The number of hydrogen-bond donors (Lipinski definition) is 2. The zero-order chi connectivity index (χ0) is 15.7. The van der Waals surface area contributed by atoms with Crippen LogP contribution in [0.2, 0.25) is 5.02 Å². The lowest BCUT2D eigenvalue weighted by molar-refractivity contribution is -0.127. The number of rotatable bonds is 3. The standard InChI is InChI=1S/C16H16ClN3O2/c1-20-14(21)9-13(19-16(22)12-3-2-8-18-12)15(20)10-4-6-11(17)7-5-10/h2-8,13,15,18H,9H2,1H3,(H,19,22). The average molecular weight is 318 g/mol. The van der Waals surface area contributed by atoms with Crippen molar-refractivity contribution in [1.82, 2.24) is 15.2 Å². The largest absolute Gasteiger partial charge is 0.357 e. The Balaban J connectivity index is 1.83. The molecule has 5 nitrogen and oxygen atoms in total. The van der Waals surface area contributed by atoms with E-state index in [0.29, 0.717) is 10.7 Å². The van der Waals surface area contributed by atoms with E-state index in [4.69, 9.17) is 11.6 Å². The van der Waals surface area contributed by atoms with Crippen molar-refractivity contribution in [2.75, 3.05) is 7.05 Å². The van der Waals surface area contributed by atoms with Crippen LogP contribution in [0.1, 0.15) is 28.5 Å². The van der Waals surface area contributed by atoms with E-state index < -0.39 is 0 Å². The minimum Gasteiger partial charge on any atom is -0.357 e. The van der Waals surface area contributed by atoms with Crippen LogP contribution in [-0.4, -0.2) is 34.8 Å². The van der Waals surface area contributed by atoms with Crippen molar-refractivity contribution in [2.24, 2.45) is 0 Å². The molecule has 1 saturated heterocycles. The molecule has 1 aromatic carbocycles. The molecule has 1 aromatic heterocycles. The van der Waals surface area contributed by atoms with Crippen LogP contribution in [0.4, 0.5) is 0 Å².